The van der Waals surface area contributed by atoms with Gasteiger partial charge in [0.1, 0.15) is 11.3 Å². The van der Waals surface area contributed by atoms with Crippen molar-refractivity contribution < 1.29 is 9.53 Å². The summed E-state index contributed by atoms with van der Waals surface area (Å²) in [6.07, 6.45) is 1.27. The number of hydrogen-bond acceptors (Lipinski definition) is 4. The fraction of sp³-hybridized carbons (Fsp3) is 0.125. The van der Waals surface area contributed by atoms with Crippen LogP contribution in [0.1, 0.15) is 10.5 Å². The molecule has 6 nitrogen and oxygen atoms in total. The Balaban J connectivity index is 2.68. The molecule has 0 unspecified atom stereocenters. The SMILES string of the molecule is COC(=O)c1cc2c(=O)[nH]cnc2[nH]1. The standard InChI is InChI=1S/C8H7N3O3/c1-14-8(13)5-2-4-6(11-5)9-3-10-7(4)12/h2-3H,1H3,(H2,9,10,11,12). The Kier molecular flexibility index (Phi) is 1.81. The highest BCUT2D eigenvalue weighted by Gasteiger charge is 2.11. The smallest absolute Gasteiger partial charge is 0.354 e. The Labute approximate surface area is 77.9 Å². The first-order valence-electron chi connectivity index (χ1n) is 3.87. The zero-order valence-electron chi connectivity index (χ0n) is 7.33. The quantitative estimate of drug-likeness (QED) is 0.626. The Morgan fingerprint density at radius 1 is 1.57 bits per heavy atom. The summed E-state index contributed by atoms with van der Waals surface area (Å²) >= 11 is 0. The maximum Gasteiger partial charge on any atom is 0.354 e. The number of methoxy groups -OCH3 is 1. The van der Waals surface area contributed by atoms with E-state index >= 15 is 0 Å². The van der Waals surface area contributed by atoms with E-state index in [1.54, 1.807) is 0 Å². The third kappa shape index (κ3) is 1.17. The largest absolute Gasteiger partial charge is 0.464 e. The minimum absolute atomic E-state index is 0.215. The van der Waals surface area contributed by atoms with Gasteiger partial charge in [-0.3, -0.25) is 4.79 Å². The molecule has 0 saturated carbocycles. The van der Waals surface area contributed by atoms with E-state index in [-0.39, 0.29) is 11.3 Å². The van der Waals surface area contributed by atoms with Crippen LogP contribution in [0.2, 0.25) is 0 Å². The molecule has 2 rings (SSSR count). The van der Waals surface area contributed by atoms with E-state index in [0.29, 0.717) is 11.0 Å². The van der Waals surface area contributed by atoms with Gasteiger partial charge >= 0.3 is 5.97 Å². The number of fused-ring (bicyclic) bond motifs is 1. The second kappa shape index (κ2) is 2.99. The summed E-state index contributed by atoms with van der Waals surface area (Å²) in [6.45, 7) is 0. The van der Waals surface area contributed by atoms with E-state index in [1.165, 1.54) is 19.5 Å². The number of aromatic amines is 2. The van der Waals surface area contributed by atoms with E-state index in [4.69, 9.17) is 0 Å². The number of nitrogens with zero attached hydrogens (tertiary/aromatic N) is 1. The number of ether oxygens (including phenoxy) is 1. The highest BCUT2D eigenvalue weighted by Crippen LogP contribution is 2.08. The molecule has 6 heteroatoms. The second-order valence-corrected chi connectivity index (χ2v) is 2.67. The first kappa shape index (κ1) is 8.49. The van der Waals surface area contributed by atoms with Crippen LogP contribution in [-0.2, 0) is 4.74 Å². The van der Waals surface area contributed by atoms with E-state index in [9.17, 15) is 9.59 Å². The number of H-pyrrole nitrogens is 2. The van der Waals surface area contributed by atoms with Crippen LogP contribution in [0.3, 0.4) is 0 Å². The van der Waals surface area contributed by atoms with Crippen molar-refractivity contribution in [3.05, 3.63) is 28.4 Å². The van der Waals surface area contributed by atoms with Crippen LogP contribution in [-0.4, -0.2) is 28.0 Å². The molecule has 2 heterocycles. The molecular formula is C8H7N3O3. The average molecular weight is 193 g/mol. The fourth-order valence-electron chi connectivity index (χ4n) is 1.17. The van der Waals surface area contributed by atoms with Gasteiger partial charge in [-0.1, -0.05) is 0 Å². The predicted molar refractivity (Wildman–Crippen MR) is 48.1 cm³/mol. The van der Waals surface area contributed by atoms with Crippen LogP contribution >= 0.6 is 0 Å². The van der Waals surface area contributed by atoms with Crippen molar-refractivity contribution in [1.82, 2.24) is 15.0 Å². The first-order chi connectivity index (χ1) is 6.72. The van der Waals surface area contributed by atoms with Crippen LogP contribution in [0, 0.1) is 0 Å². The molecule has 0 aliphatic heterocycles. The lowest BCUT2D eigenvalue weighted by Gasteiger charge is -1.91. The molecule has 14 heavy (non-hydrogen) atoms. The number of esters is 1. The van der Waals surface area contributed by atoms with Gasteiger partial charge in [-0.2, -0.15) is 0 Å². The summed E-state index contributed by atoms with van der Waals surface area (Å²) in [6, 6.07) is 1.41. The molecule has 0 bridgehead atoms. The zero-order chi connectivity index (χ0) is 10.1. The van der Waals surface area contributed by atoms with Gasteiger partial charge in [-0.05, 0) is 6.07 Å². The highest BCUT2D eigenvalue weighted by atomic mass is 16.5. The molecule has 2 aromatic heterocycles. The van der Waals surface area contributed by atoms with Crippen LogP contribution in [0.25, 0.3) is 11.0 Å². The van der Waals surface area contributed by atoms with Gasteiger partial charge in [0.05, 0.1) is 18.8 Å². The van der Waals surface area contributed by atoms with Gasteiger partial charge in [0, 0.05) is 0 Å². The third-order valence-corrected chi connectivity index (χ3v) is 1.84. The van der Waals surface area contributed by atoms with Crippen molar-refractivity contribution in [2.75, 3.05) is 7.11 Å². The molecule has 0 amide bonds. The van der Waals surface area contributed by atoms with Gasteiger partial charge < -0.3 is 14.7 Å². The summed E-state index contributed by atoms with van der Waals surface area (Å²) in [5.41, 5.74) is 0.294. The molecule has 2 aromatic rings. The number of rotatable bonds is 1. The lowest BCUT2D eigenvalue weighted by atomic mass is 10.3. The summed E-state index contributed by atoms with van der Waals surface area (Å²) in [5, 5.41) is 0.341. The Morgan fingerprint density at radius 2 is 2.36 bits per heavy atom. The van der Waals surface area contributed by atoms with Crippen LogP contribution in [0.15, 0.2) is 17.2 Å². The maximum absolute atomic E-state index is 11.2. The summed E-state index contributed by atoms with van der Waals surface area (Å²) in [5.74, 6) is -0.526. The van der Waals surface area contributed by atoms with Crippen LogP contribution in [0.5, 0.6) is 0 Å². The number of carbonyl (C=O) groups is 1. The number of carbonyl (C=O) groups excluding carboxylic acids is 1. The van der Waals surface area contributed by atoms with Gasteiger partial charge in [0.15, 0.2) is 0 Å². The first-order valence-corrected chi connectivity index (χ1v) is 3.87. The van der Waals surface area contributed by atoms with Crippen molar-refractivity contribution in [3.8, 4) is 0 Å². The lowest BCUT2D eigenvalue weighted by Crippen LogP contribution is -2.04. The molecule has 0 saturated heterocycles. The molecule has 0 atom stereocenters. The molecular weight excluding hydrogens is 186 g/mol. The summed E-state index contributed by atoms with van der Waals surface area (Å²) in [7, 11) is 1.27. The molecule has 72 valence electrons. The molecule has 0 spiro atoms. The molecule has 0 aromatic carbocycles. The molecule has 0 fully saturated rings. The summed E-state index contributed by atoms with van der Waals surface area (Å²) < 4.78 is 4.50. The van der Waals surface area contributed by atoms with Crippen molar-refractivity contribution >= 4 is 17.0 Å². The molecule has 2 N–H and O–H groups in total. The van der Waals surface area contributed by atoms with E-state index in [0.717, 1.165) is 0 Å². The Morgan fingerprint density at radius 3 is 3.00 bits per heavy atom. The van der Waals surface area contributed by atoms with Gasteiger partial charge in [-0.25, -0.2) is 9.78 Å². The highest BCUT2D eigenvalue weighted by molar-refractivity contribution is 5.93. The third-order valence-electron chi connectivity index (χ3n) is 1.84. The summed E-state index contributed by atoms with van der Waals surface area (Å²) in [4.78, 5) is 31.3. The normalized spacial score (nSPS) is 10.4. The van der Waals surface area contributed by atoms with Crippen molar-refractivity contribution in [2.24, 2.45) is 0 Å². The van der Waals surface area contributed by atoms with Crippen molar-refractivity contribution in [3.63, 3.8) is 0 Å². The fourth-order valence-corrected chi connectivity index (χ4v) is 1.17. The topological polar surface area (TPSA) is 87.8 Å². The Bertz CT molecular complexity index is 540. The Hall–Kier alpha value is -2.11. The van der Waals surface area contributed by atoms with Crippen LogP contribution in [0.4, 0.5) is 0 Å². The lowest BCUT2D eigenvalue weighted by molar-refractivity contribution is 0.0595. The van der Waals surface area contributed by atoms with E-state index in [1.807, 2.05) is 0 Å². The maximum atomic E-state index is 11.2. The van der Waals surface area contributed by atoms with Crippen molar-refractivity contribution in [1.29, 1.82) is 0 Å². The molecule has 0 radical (unpaired) electrons. The van der Waals surface area contributed by atoms with Gasteiger partial charge in [-0.15, -0.1) is 0 Å². The number of hydrogen-bond donors (Lipinski definition) is 2. The minimum Gasteiger partial charge on any atom is -0.464 e. The van der Waals surface area contributed by atoms with E-state index < -0.39 is 5.97 Å². The second-order valence-electron chi connectivity index (χ2n) is 2.67. The van der Waals surface area contributed by atoms with Crippen molar-refractivity contribution in [2.45, 2.75) is 0 Å². The molecule has 0 aliphatic rings. The van der Waals surface area contributed by atoms with Gasteiger partial charge in [0.25, 0.3) is 5.56 Å². The van der Waals surface area contributed by atoms with Crippen LogP contribution < -0.4 is 5.56 Å². The number of nitrogens with one attached hydrogen (secondary N) is 2. The molecule has 0 aliphatic carbocycles. The predicted octanol–water partition coefficient (Wildman–Crippen LogP) is 0.0378. The zero-order valence-corrected chi connectivity index (χ0v) is 7.33. The minimum atomic E-state index is -0.526. The monoisotopic (exact) mass is 193 g/mol. The van der Waals surface area contributed by atoms with Gasteiger partial charge in [0.2, 0.25) is 0 Å². The van der Waals surface area contributed by atoms with E-state index in [2.05, 4.69) is 19.7 Å². The average Bonchev–Trinajstić information content (AvgIpc) is 2.62. The number of aromatic nitrogens is 3.